The van der Waals surface area contributed by atoms with Crippen LogP contribution in [0.25, 0.3) is 0 Å². The minimum atomic E-state index is -1.63. The molecule has 0 saturated carbocycles. The van der Waals surface area contributed by atoms with Gasteiger partial charge in [0.25, 0.3) is 0 Å². The lowest BCUT2D eigenvalue weighted by atomic mass is 10.0. The Labute approximate surface area is 560 Å². The molecule has 0 N–H and O–H groups in total. The summed E-state index contributed by atoms with van der Waals surface area (Å²) in [5.41, 5.74) is 0. The predicted octanol–water partition coefficient (Wildman–Crippen LogP) is 22.4. The highest BCUT2D eigenvalue weighted by Gasteiger charge is 2.22. The first-order valence-electron chi connectivity index (χ1n) is 37.3. The van der Waals surface area contributed by atoms with Gasteiger partial charge in [-0.25, -0.2) is 0 Å². The Hall–Kier alpha value is -4.57. The normalized spacial score (nSPS) is 13.5. The molecule has 0 spiro atoms. The second-order valence-electron chi connectivity index (χ2n) is 25.8. The van der Waals surface area contributed by atoms with Gasteiger partial charge in [0.05, 0.1) is 40.3 Å². The molecule has 0 amide bonds. The molecule has 9 heteroatoms. The first-order valence-corrected chi connectivity index (χ1v) is 37.3. The molecule has 2 atom stereocenters. The molecule has 91 heavy (non-hydrogen) atoms. The third-order valence-corrected chi connectivity index (χ3v) is 15.9. The predicted molar refractivity (Wildman–Crippen MR) is 389 cm³/mol. The van der Waals surface area contributed by atoms with Crippen molar-refractivity contribution in [3.63, 3.8) is 0 Å². The number of quaternary nitrogens is 1. The van der Waals surface area contributed by atoms with Crippen LogP contribution in [0.5, 0.6) is 0 Å². The fraction of sp³-hybridized carbons (Fsp3) is 0.695. The van der Waals surface area contributed by atoms with E-state index in [1.807, 2.05) is 21.1 Å². The Morgan fingerprint density at radius 3 is 0.879 bits per heavy atom. The largest absolute Gasteiger partial charge is 0.545 e. The SMILES string of the molecule is CC/C=C\C/C=C\C/C=C\C/C=C\C/C=C\C/C=C\C/C=C\CCCCCCCCCCCCCCCCCCCCCC(=O)OC(COC(=O)CCCCCCCCCCCCCC/C=C\C/C=C\C/C=C\C/C=C\CC)COC(OCC[N+](C)(C)C)C(=O)[O-]. The average molecular weight is 1270 g/mol. The van der Waals surface area contributed by atoms with E-state index in [1.54, 1.807) is 0 Å². The van der Waals surface area contributed by atoms with Gasteiger partial charge >= 0.3 is 11.9 Å². The number of esters is 2. The molecular weight excluding hydrogens is 1130 g/mol. The third-order valence-electron chi connectivity index (χ3n) is 15.9. The highest BCUT2D eigenvalue weighted by atomic mass is 16.7. The highest BCUT2D eigenvalue weighted by molar-refractivity contribution is 5.70. The van der Waals surface area contributed by atoms with Crippen molar-refractivity contribution in [3.8, 4) is 0 Å². The van der Waals surface area contributed by atoms with Crippen molar-refractivity contribution in [2.45, 2.75) is 322 Å². The molecule has 0 fully saturated rings. The number of carbonyl (C=O) groups excluding carboxylic acids is 3. The molecule has 0 aromatic carbocycles. The lowest BCUT2D eigenvalue weighted by Gasteiger charge is -2.26. The average Bonchev–Trinajstić information content (AvgIpc) is 3.53. The van der Waals surface area contributed by atoms with Crippen LogP contribution in [0, 0.1) is 0 Å². The van der Waals surface area contributed by atoms with Crippen molar-refractivity contribution < 1.29 is 42.9 Å². The maximum Gasteiger partial charge on any atom is 0.306 e. The van der Waals surface area contributed by atoms with E-state index in [9.17, 15) is 19.5 Å². The Kier molecular flexibility index (Phi) is 67.7. The fourth-order valence-corrected chi connectivity index (χ4v) is 10.3. The van der Waals surface area contributed by atoms with Gasteiger partial charge in [-0.05, 0) is 109 Å². The number of nitrogens with zero attached hydrogens (tertiary/aromatic N) is 1. The van der Waals surface area contributed by atoms with Gasteiger partial charge in [0.1, 0.15) is 13.2 Å². The number of likely N-dealkylation sites (N-methyl/N-ethyl adjacent to an activating group) is 1. The number of allylic oxidation sites excluding steroid dienone is 22. The topological polar surface area (TPSA) is 111 Å². The second kappa shape index (κ2) is 71.3. The zero-order valence-corrected chi connectivity index (χ0v) is 59.4. The van der Waals surface area contributed by atoms with Crippen LogP contribution in [0.1, 0.15) is 309 Å². The Balaban J connectivity index is 4.04. The van der Waals surface area contributed by atoms with Crippen molar-refractivity contribution in [1.82, 2.24) is 0 Å². The van der Waals surface area contributed by atoms with Gasteiger partial charge in [-0.1, -0.05) is 321 Å². The summed E-state index contributed by atoms with van der Waals surface area (Å²) in [6.07, 6.45) is 99.8. The molecular formula is C82H139NO8. The van der Waals surface area contributed by atoms with E-state index in [0.29, 0.717) is 17.4 Å². The monoisotopic (exact) mass is 1270 g/mol. The molecule has 2 unspecified atom stereocenters. The van der Waals surface area contributed by atoms with E-state index in [1.165, 1.54) is 167 Å². The van der Waals surface area contributed by atoms with Crippen molar-refractivity contribution in [3.05, 3.63) is 134 Å². The molecule has 0 saturated heterocycles. The quantitative estimate of drug-likeness (QED) is 0.0195. The molecule has 0 heterocycles. The molecule has 0 aromatic heterocycles. The van der Waals surface area contributed by atoms with Crippen molar-refractivity contribution in [2.24, 2.45) is 0 Å². The summed E-state index contributed by atoms with van der Waals surface area (Å²) in [4.78, 5) is 37.5. The molecule has 520 valence electrons. The zero-order chi connectivity index (χ0) is 66.1. The molecule has 0 aliphatic carbocycles. The third kappa shape index (κ3) is 72.7. The van der Waals surface area contributed by atoms with E-state index < -0.39 is 24.3 Å². The number of hydrogen-bond donors (Lipinski definition) is 0. The number of carbonyl (C=O) groups is 3. The summed E-state index contributed by atoms with van der Waals surface area (Å²) in [6, 6.07) is 0. The van der Waals surface area contributed by atoms with Crippen LogP contribution in [0.4, 0.5) is 0 Å². The van der Waals surface area contributed by atoms with Crippen molar-refractivity contribution in [2.75, 3.05) is 47.5 Å². The lowest BCUT2D eigenvalue weighted by Crippen LogP contribution is -2.44. The Bertz CT molecular complexity index is 1960. The zero-order valence-electron chi connectivity index (χ0n) is 59.4. The summed E-state index contributed by atoms with van der Waals surface area (Å²) >= 11 is 0. The van der Waals surface area contributed by atoms with Crippen molar-refractivity contribution >= 4 is 17.9 Å². The van der Waals surface area contributed by atoms with E-state index in [2.05, 4.69) is 148 Å². The van der Waals surface area contributed by atoms with E-state index in [4.69, 9.17) is 18.9 Å². The molecule has 0 rings (SSSR count). The number of aliphatic carboxylic acids is 1. The molecule has 0 aromatic rings. The first-order chi connectivity index (χ1) is 44.6. The maximum atomic E-state index is 13.0. The standard InChI is InChI=1S/C82H139NO8/c1-6-8-10-12-14-16-18-20-22-24-26-28-30-32-33-34-35-36-37-38-39-40-41-42-43-44-45-46-47-49-51-53-55-57-59-61-63-65-67-69-71-73-80(85)91-78(77-90-82(81(86)87)88-75-74-83(3,4)5)76-89-79(84)72-70-68-66-64-62-60-58-56-54-52-50-48-31-29-27-25-23-21-19-17-15-13-11-9-7-2/h8-11,14-17,20-23,26-29,32-33,35-36,38-39,78,82H,6-7,12-13,18-19,24-25,30-31,34,37,40-77H2,1-5H3/b10-8-,11-9-,16-14-,17-15-,22-20-,23-21-,28-26-,29-27-,33-32-,36-35-,39-38-. The molecule has 0 bridgehead atoms. The first kappa shape index (κ1) is 86.4. The highest BCUT2D eigenvalue weighted by Crippen LogP contribution is 2.18. The molecule has 0 aliphatic rings. The van der Waals surface area contributed by atoms with Crippen LogP contribution in [0.3, 0.4) is 0 Å². The van der Waals surface area contributed by atoms with E-state index in [-0.39, 0.29) is 38.6 Å². The number of ether oxygens (including phenoxy) is 4. The molecule has 0 aliphatic heterocycles. The number of hydrogen-bond acceptors (Lipinski definition) is 8. The molecule has 9 nitrogen and oxygen atoms in total. The van der Waals surface area contributed by atoms with Crippen LogP contribution < -0.4 is 5.11 Å². The summed E-state index contributed by atoms with van der Waals surface area (Å²) in [5, 5.41) is 11.8. The van der Waals surface area contributed by atoms with Crippen LogP contribution in [0.15, 0.2) is 134 Å². The van der Waals surface area contributed by atoms with Gasteiger partial charge in [-0.2, -0.15) is 0 Å². The van der Waals surface area contributed by atoms with Crippen LogP contribution in [-0.2, 0) is 33.3 Å². The van der Waals surface area contributed by atoms with Gasteiger partial charge in [-0.15, -0.1) is 0 Å². The van der Waals surface area contributed by atoms with Crippen LogP contribution in [-0.4, -0.2) is 82.3 Å². The van der Waals surface area contributed by atoms with Gasteiger partial charge in [0.15, 0.2) is 12.4 Å². The smallest absolute Gasteiger partial charge is 0.306 e. The van der Waals surface area contributed by atoms with Gasteiger partial charge in [0.2, 0.25) is 0 Å². The number of carboxylic acids is 1. The van der Waals surface area contributed by atoms with Crippen LogP contribution >= 0.6 is 0 Å². The van der Waals surface area contributed by atoms with Gasteiger partial charge in [0, 0.05) is 12.8 Å². The van der Waals surface area contributed by atoms with Crippen LogP contribution in [0.2, 0.25) is 0 Å². The summed E-state index contributed by atoms with van der Waals surface area (Å²) in [5.74, 6) is -2.28. The fourth-order valence-electron chi connectivity index (χ4n) is 10.3. The Morgan fingerprint density at radius 1 is 0.330 bits per heavy atom. The number of rotatable bonds is 68. The minimum absolute atomic E-state index is 0.144. The van der Waals surface area contributed by atoms with Gasteiger partial charge in [-0.3, -0.25) is 9.59 Å². The summed E-state index contributed by atoms with van der Waals surface area (Å²) in [7, 11) is 5.93. The minimum Gasteiger partial charge on any atom is -0.545 e. The second-order valence-corrected chi connectivity index (χ2v) is 25.8. The van der Waals surface area contributed by atoms with Gasteiger partial charge < -0.3 is 33.3 Å². The van der Waals surface area contributed by atoms with E-state index >= 15 is 0 Å². The summed E-state index contributed by atoms with van der Waals surface area (Å²) < 4.78 is 22.8. The summed E-state index contributed by atoms with van der Waals surface area (Å²) in [6.45, 7) is 4.54. The lowest BCUT2D eigenvalue weighted by molar-refractivity contribution is -0.870. The molecule has 0 radical (unpaired) electrons. The maximum absolute atomic E-state index is 13.0. The Morgan fingerprint density at radius 2 is 0.593 bits per heavy atom. The van der Waals surface area contributed by atoms with Crippen molar-refractivity contribution in [1.29, 1.82) is 0 Å². The van der Waals surface area contributed by atoms with E-state index in [0.717, 1.165) is 109 Å². The number of carboxylic acid groups (broad SMARTS) is 1. The number of unbranched alkanes of at least 4 members (excludes halogenated alkanes) is 31.